The monoisotopic (exact) mass is 530 g/mol. The Hall–Kier alpha value is -4.07. The van der Waals surface area contributed by atoms with Gasteiger partial charge in [-0.05, 0) is 55.5 Å². The van der Waals surface area contributed by atoms with Gasteiger partial charge in [0.15, 0.2) is 5.78 Å². The van der Waals surface area contributed by atoms with Crippen LogP contribution in [0.1, 0.15) is 62.5 Å². The second kappa shape index (κ2) is 11.0. The fraction of sp³-hybridized carbons (Fsp3) is 0.387. The maximum Gasteiger partial charge on any atom is 0.336 e. The van der Waals surface area contributed by atoms with Crippen LogP contribution in [-0.2, 0) is 19.1 Å². The van der Waals surface area contributed by atoms with E-state index in [0.29, 0.717) is 35.4 Å². The predicted octanol–water partition coefficient (Wildman–Crippen LogP) is 4.32. The summed E-state index contributed by atoms with van der Waals surface area (Å²) < 4.78 is 11.4. The summed E-state index contributed by atoms with van der Waals surface area (Å²) >= 11 is 0. The van der Waals surface area contributed by atoms with Gasteiger partial charge in [-0.1, -0.05) is 30.3 Å². The fourth-order valence-electron chi connectivity index (χ4n) is 6.24. The third-order valence-corrected chi connectivity index (χ3v) is 8.02. The first kappa shape index (κ1) is 26.5. The zero-order valence-corrected chi connectivity index (χ0v) is 22.5. The molecular formula is C31H34N2O6. The number of phenolic OH excluding ortho intramolecular Hbond substituents is 1. The molecule has 3 aliphatic rings. The van der Waals surface area contributed by atoms with E-state index in [-0.39, 0.29) is 42.4 Å². The Morgan fingerprint density at radius 3 is 2.67 bits per heavy atom. The van der Waals surface area contributed by atoms with Gasteiger partial charge in [0.1, 0.15) is 18.1 Å². The molecule has 3 atom stereocenters. The molecule has 1 saturated heterocycles. The maximum atomic E-state index is 13.8. The molecule has 39 heavy (non-hydrogen) atoms. The smallest absolute Gasteiger partial charge is 0.336 e. The van der Waals surface area contributed by atoms with Gasteiger partial charge >= 0.3 is 5.97 Å². The van der Waals surface area contributed by atoms with E-state index in [4.69, 9.17) is 9.47 Å². The highest BCUT2D eigenvalue weighted by atomic mass is 16.5. The molecule has 2 heterocycles. The summed E-state index contributed by atoms with van der Waals surface area (Å²) in [5, 5.41) is 13.6. The largest absolute Gasteiger partial charge is 0.508 e. The Morgan fingerprint density at radius 2 is 1.92 bits per heavy atom. The van der Waals surface area contributed by atoms with E-state index in [9.17, 15) is 19.5 Å². The first-order chi connectivity index (χ1) is 18.8. The van der Waals surface area contributed by atoms with Gasteiger partial charge in [0.05, 0.1) is 18.7 Å². The number of hydrogen-bond donors (Lipinski definition) is 2. The summed E-state index contributed by atoms with van der Waals surface area (Å²) in [7, 11) is 1.62. The van der Waals surface area contributed by atoms with Gasteiger partial charge in [-0.2, -0.15) is 0 Å². The van der Waals surface area contributed by atoms with Gasteiger partial charge in [0, 0.05) is 48.7 Å². The average Bonchev–Trinajstić information content (AvgIpc) is 3.40. The van der Waals surface area contributed by atoms with Crippen molar-refractivity contribution in [2.24, 2.45) is 0 Å². The van der Waals surface area contributed by atoms with Crippen molar-refractivity contribution in [3.63, 3.8) is 0 Å². The molecule has 0 unspecified atom stereocenters. The number of carbonyl (C=O) groups is 3. The van der Waals surface area contributed by atoms with Crippen molar-refractivity contribution in [1.29, 1.82) is 0 Å². The van der Waals surface area contributed by atoms with Gasteiger partial charge in [0.2, 0.25) is 5.91 Å². The van der Waals surface area contributed by atoms with Crippen LogP contribution in [0.5, 0.6) is 11.5 Å². The Kier molecular flexibility index (Phi) is 7.46. The number of para-hydroxylation sites is 1. The minimum atomic E-state index is -0.681. The van der Waals surface area contributed by atoms with E-state index in [2.05, 4.69) is 5.32 Å². The number of ketones is 1. The van der Waals surface area contributed by atoms with Gasteiger partial charge in [-0.15, -0.1) is 0 Å². The minimum absolute atomic E-state index is 0.0342. The second-order valence-corrected chi connectivity index (χ2v) is 10.5. The van der Waals surface area contributed by atoms with Gasteiger partial charge < -0.3 is 24.8 Å². The van der Waals surface area contributed by atoms with E-state index in [1.54, 1.807) is 30.2 Å². The number of likely N-dealkylation sites (tertiary alicyclic amines) is 1. The van der Waals surface area contributed by atoms with Crippen molar-refractivity contribution in [2.45, 2.75) is 57.4 Å². The summed E-state index contributed by atoms with van der Waals surface area (Å²) in [6.07, 6.45) is 2.49. The van der Waals surface area contributed by atoms with Crippen LogP contribution in [-0.4, -0.2) is 54.0 Å². The lowest BCUT2D eigenvalue weighted by molar-refractivity contribution is -0.143. The predicted molar refractivity (Wildman–Crippen MR) is 145 cm³/mol. The van der Waals surface area contributed by atoms with E-state index in [0.717, 1.165) is 29.9 Å². The first-order valence-electron chi connectivity index (χ1n) is 13.4. The average molecular weight is 531 g/mol. The van der Waals surface area contributed by atoms with E-state index in [1.807, 2.05) is 37.3 Å². The molecular weight excluding hydrogens is 496 g/mol. The molecule has 1 amide bonds. The number of hydrogen-bond acceptors (Lipinski definition) is 7. The molecule has 2 aromatic rings. The number of rotatable bonds is 6. The number of carbonyl (C=O) groups excluding carboxylic acids is 3. The van der Waals surface area contributed by atoms with Crippen molar-refractivity contribution in [3.8, 4) is 11.5 Å². The summed E-state index contributed by atoms with van der Waals surface area (Å²) in [4.78, 5) is 41.2. The molecule has 0 aromatic heterocycles. The first-order valence-corrected chi connectivity index (χ1v) is 13.4. The summed E-state index contributed by atoms with van der Waals surface area (Å²) in [5.41, 5.74) is 3.85. The third kappa shape index (κ3) is 5.15. The number of allylic oxidation sites excluding steroid dienone is 3. The van der Waals surface area contributed by atoms with Crippen LogP contribution in [0, 0.1) is 0 Å². The van der Waals surface area contributed by atoms with Crippen molar-refractivity contribution >= 4 is 17.7 Å². The quantitative estimate of drug-likeness (QED) is 0.536. The molecule has 8 heteroatoms. The Balaban J connectivity index is 1.48. The molecule has 1 fully saturated rings. The SMILES string of the molecule is COc1ccccc1[C@H]1CC(=O)C2=C(C1)NC(C)=C(C(=O)OC[C@@H]1CCCN1C(C)=O)[C@H]2c1cccc(O)c1. The molecule has 2 aromatic carbocycles. The van der Waals surface area contributed by atoms with Crippen LogP contribution < -0.4 is 10.1 Å². The molecule has 2 N–H and O–H groups in total. The molecule has 204 valence electrons. The Labute approximate surface area is 228 Å². The maximum absolute atomic E-state index is 13.8. The topological polar surface area (TPSA) is 105 Å². The van der Waals surface area contributed by atoms with Crippen LogP contribution in [0.25, 0.3) is 0 Å². The van der Waals surface area contributed by atoms with Crippen LogP contribution >= 0.6 is 0 Å². The highest BCUT2D eigenvalue weighted by molar-refractivity contribution is 6.04. The van der Waals surface area contributed by atoms with Crippen molar-refractivity contribution in [3.05, 3.63) is 82.2 Å². The second-order valence-electron chi connectivity index (χ2n) is 10.5. The molecule has 0 radical (unpaired) electrons. The van der Waals surface area contributed by atoms with Crippen molar-refractivity contribution < 1.29 is 29.0 Å². The van der Waals surface area contributed by atoms with E-state index < -0.39 is 11.9 Å². The number of Topliss-reactive ketones (excluding diaryl/α,β-unsaturated/α-hetero) is 1. The fourth-order valence-corrected chi connectivity index (χ4v) is 6.24. The van der Waals surface area contributed by atoms with Gasteiger partial charge in [-0.3, -0.25) is 9.59 Å². The lowest BCUT2D eigenvalue weighted by Crippen LogP contribution is -2.39. The molecule has 2 aliphatic heterocycles. The number of phenols is 1. The number of esters is 1. The number of nitrogens with zero attached hydrogens (tertiary/aromatic N) is 1. The molecule has 5 rings (SSSR count). The van der Waals surface area contributed by atoms with Crippen LogP contribution in [0.15, 0.2) is 71.1 Å². The number of benzene rings is 2. The Morgan fingerprint density at radius 1 is 1.13 bits per heavy atom. The summed E-state index contributed by atoms with van der Waals surface area (Å²) in [6.45, 7) is 4.09. The summed E-state index contributed by atoms with van der Waals surface area (Å²) in [6, 6.07) is 14.2. The summed E-state index contributed by atoms with van der Waals surface area (Å²) in [5.74, 6) is -0.600. The zero-order chi connectivity index (χ0) is 27.7. The molecule has 1 aliphatic carbocycles. The zero-order valence-electron chi connectivity index (χ0n) is 22.5. The number of nitrogens with one attached hydrogen (secondary N) is 1. The van der Waals surface area contributed by atoms with Crippen LogP contribution in [0.3, 0.4) is 0 Å². The minimum Gasteiger partial charge on any atom is -0.508 e. The lowest BCUT2D eigenvalue weighted by Gasteiger charge is -2.37. The molecule has 0 bridgehead atoms. The van der Waals surface area contributed by atoms with Gasteiger partial charge in [0.25, 0.3) is 0 Å². The number of methoxy groups -OCH3 is 1. The highest BCUT2D eigenvalue weighted by Gasteiger charge is 2.42. The van der Waals surface area contributed by atoms with Gasteiger partial charge in [-0.25, -0.2) is 4.79 Å². The van der Waals surface area contributed by atoms with Crippen molar-refractivity contribution in [2.75, 3.05) is 20.3 Å². The van der Waals surface area contributed by atoms with Crippen LogP contribution in [0.2, 0.25) is 0 Å². The van der Waals surface area contributed by atoms with E-state index >= 15 is 0 Å². The Bertz CT molecular complexity index is 1380. The standard InChI is InChI=1S/C31H34N2O6/c1-18-28(31(37)39-17-22-9-7-13-33(22)19(2)34)29(20-8-6-10-23(35)14-20)30-25(32-18)15-21(16-26(30)36)24-11-4-5-12-27(24)38-3/h4-6,8,10-12,14,21-22,29,32,35H,7,9,13,15-17H2,1-3H3/t21-,22+,29-/m1/s1. The lowest BCUT2D eigenvalue weighted by atomic mass is 9.71. The number of aromatic hydroxyl groups is 1. The number of dihydropyridines is 1. The van der Waals surface area contributed by atoms with Crippen LogP contribution in [0.4, 0.5) is 0 Å². The molecule has 8 nitrogen and oxygen atoms in total. The molecule has 0 spiro atoms. The van der Waals surface area contributed by atoms with E-state index in [1.165, 1.54) is 6.92 Å². The number of amides is 1. The third-order valence-electron chi connectivity index (χ3n) is 8.02. The molecule has 0 saturated carbocycles. The number of ether oxygens (including phenoxy) is 2. The van der Waals surface area contributed by atoms with Crippen molar-refractivity contribution in [1.82, 2.24) is 10.2 Å². The normalized spacial score (nSPS) is 22.9. The highest BCUT2D eigenvalue weighted by Crippen LogP contribution is 2.47.